The van der Waals surface area contributed by atoms with Crippen LogP contribution in [-0.2, 0) is 0 Å². The van der Waals surface area contributed by atoms with E-state index in [1.54, 1.807) is 24.3 Å². The quantitative estimate of drug-likeness (QED) is 0.482. The van der Waals surface area contributed by atoms with E-state index in [0.29, 0.717) is 17.3 Å². The molecule has 1 aromatic carbocycles. The average Bonchev–Trinajstić information content (AvgIpc) is 2.48. The minimum atomic E-state index is 0.0506. The third kappa shape index (κ3) is 3.29. The first-order valence-electron chi connectivity index (χ1n) is 6.72. The Bertz CT molecular complexity index is 511. The van der Waals surface area contributed by atoms with Crippen LogP contribution in [0.5, 0.6) is 0 Å². The number of piperidine rings is 1. The van der Waals surface area contributed by atoms with Crippen molar-refractivity contribution in [2.24, 2.45) is 5.11 Å². The molecule has 1 fully saturated rings. The summed E-state index contributed by atoms with van der Waals surface area (Å²) in [4.78, 5) is 19.2. The van der Waals surface area contributed by atoms with Crippen LogP contribution in [0.3, 0.4) is 0 Å². The highest BCUT2D eigenvalue weighted by Crippen LogP contribution is 2.18. The number of hydrogen-bond donors (Lipinski definition) is 0. The summed E-state index contributed by atoms with van der Waals surface area (Å²) in [6.45, 7) is 1.58. The molecule has 6 heteroatoms. The van der Waals surface area contributed by atoms with Gasteiger partial charge in [0.1, 0.15) is 0 Å². The van der Waals surface area contributed by atoms with Crippen molar-refractivity contribution < 1.29 is 4.79 Å². The van der Waals surface area contributed by atoms with Gasteiger partial charge < -0.3 is 9.80 Å². The molecule has 0 spiro atoms. The topological polar surface area (TPSA) is 72.3 Å². The molecule has 1 aliphatic heterocycles. The van der Waals surface area contributed by atoms with Gasteiger partial charge in [-0.05, 0) is 44.6 Å². The van der Waals surface area contributed by atoms with Gasteiger partial charge in [-0.3, -0.25) is 4.79 Å². The minimum absolute atomic E-state index is 0.0506. The fourth-order valence-electron chi connectivity index (χ4n) is 2.49. The SMILES string of the molecule is CN(C)C1CCN(C(=O)c2ccc(N=[N+]=[N-])cc2)CC1. The van der Waals surface area contributed by atoms with Gasteiger partial charge in [-0.2, -0.15) is 0 Å². The average molecular weight is 273 g/mol. The molecule has 0 atom stereocenters. The second-order valence-corrected chi connectivity index (χ2v) is 5.22. The number of carbonyl (C=O) groups is 1. The number of likely N-dealkylation sites (tertiary alicyclic amines) is 1. The normalized spacial score (nSPS) is 16.1. The Morgan fingerprint density at radius 1 is 1.30 bits per heavy atom. The molecule has 106 valence electrons. The first-order chi connectivity index (χ1) is 9.61. The predicted molar refractivity (Wildman–Crippen MR) is 77.9 cm³/mol. The molecule has 20 heavy (non-hydrogen) atoms. The number of nitrogens with zero attached hydrogens (tertiary/aromatic N) is 5. The lowest BCUT2D eigenvalue weighted by atomic mass is 10.0. The summed E-state index contributed by atoms with van der Waals surface area (Å²) in [6, 6.07) is 7.32. The number of rotatable bonds is 3. The van der Waals surface area contributed by atoms with E-state index >= 15 is 0 Å². The van der Waals surface area contributed by atoms with E-state index < -0.39 is 0 Å². The van der Waals surface area contributed by atoms with Gasteiger partial charge in [-0.1, -0.05) is 17.2 Å². The van der Waals surface area contributed by atoms with E-state index in [-0.39, 0.29) is 5.91 Å². The van der Waals surface area contributed by atoms with Crippen molar-refractivity contribution in [3.8, 4) is 0 Å². The van der Waals surface area contributed by atoms with E-state index in [4.69, 9.17) is 5.53 Å². The molecule has 1 heterocycles. The third-order valence-electron chi connectivity index (χ3n) is 3.76. The summed E-state index contributed by atoms with van der Waals surface area (Å²) in [5.41, 5.74) is 9.52. The highest BCUT2D eigenvalue weighted by molar-refractivity contribution is 5.94. The Labute approximate surface area is 118 Å². The van der Waals surface area contributed by atoms with Gasteiger partial charge in [0.25, 0.3) is 5.91 Å². The maximum atomic E-state index is 12.4. The number of hydrogen-bond acceptors (Lipinski definition) is 3. The summed E-state index contributed by atoms with van der Waals surface area (Å²) in [5.74, 6) is 0.0506. The smallest absolute Gasteiger partial charge is 0.253 e. The number of carbonyl (C=O) groups excluding carboxylic acids is 1. The van der Waals surface area contributed by atoms with Gasteiger partial charge in [0, 0.05) is 35.3 Å². The Morgan fingerprint density at radius 2 is 1.90 bits per heavy atom. The predicted octanol–water partition coefficient (Wildman–Crippen LogP) is 2.79. The van der Waals surface area contributed by atoms with Crippen LogP contribution in [0.4, 0.5) is 5.69 Å². The van der Waals surface area contributed by atoms with Crippen molar-refractivity contribution in [3.63, 3.8) is 0 Å². The molecule has 0 saturated carbocycles. The van der Waals surface area contributed by atoms with E-state index in [9.17, 15) is 4.79 Å². The lowest BCUT2D eigenvalue weighted by molar-refractivity contribution is 0.0663. The number of azide groups is 1. The molecule has 0 bridgehead atoms. The lowest BCUT2D eigenvalue weighted by Gasteiger charge is -2.35. The molecule has 0 radical (unpaired) electrons. The Morgan fingerprint density at radius 3 is 2.40 bits per heavy atom. The first kappa shape index (κ1) is 14.4. The lowest BCUT2D eigenvalue weighted by Crippen LogP contribution is -2.44. The molecule has 6 nitrogen and oxygen atoms in total. The fraction of sp³-hybridized carbons (Fsp3) is 0.500. The van der Waals surface area contributed by atoms with Gasteiger partial charge in [-0.25, -0.2) is 0 Å². The minimum Gasteiger partial charge on any atom is -0.339 e. The molecule has 2 rings (SSSR count). The number of benzene rings is 1. The molecule has 0 unspecified atom stereocenters. The molecule has 1 saturated heterocycles. The van der Waals surface area contributed by atoms with Crippen LogP contribution < -0.4 is 0 Å². The molecule has 0 aromatic heterocycles. The van der Waals surface area contributed by atoms with Gasteiger partial charge in [0.2, 0.25) is 0 Å². The maximum absolute atomic E-state index is 12.4. The van der Waals surface area contributed by atoms with Crippen LogP contribution in [0.1, 0.15) is 23.2 Å². The van der Waals surface area contributed by atoms with Crippen molar-refractivity contribution in [2.75, 3.05) is 27.2 Å². The summed E-state index contributed by atoms with van der Waals surface area (Å²) in [7, 11) is 4.16. The van der Waals surface area contributed by atoms with Crippen molar-refractivity contribution in [2.45, 2.75) is 18.9 Å². The first-order valence-corrected chi connectivity index (χ1v) is 6.72. The zero-order valence-corrected chi connectivity index (χ0v) is 11.9. The fourth-order valence-corrected chi connectivity index (χ4v) is 2.49. The molecule has 0 N–H and O–H groups in total. The highest BCUT2D eigenvalue weighted by Gasteiger charge is 2.24. The molecule has 0 aliphatic carbocycles. The second-order valence-electron chi connectivity index (χ2n) is 5.22. The van der Waals surface area contributed by atoms with Crippen LogP contribution in [0.2, 0.25) is 0 Å². The van der Waals surface area contributed by atoms with Crippen LogP contribution in [0.25, 0.3) is 10.4 Å². The molecule has 1 amide bonds. The van der Waals surface area contributed by atoms with Crippen molar-refractivity contribution >= 4 is 11.6 Å². The molecular formula is C14H19N5O. The summed E-state index contributed by atoms with van der Waals surface area (Å²) < 4.78 is 0. The van der Waals surface area contributed by atoms with Crippen molar-refractivity contribution in [3.05, 3.63) is 40.3 Å². The molecule has 1 aliphatic rings. The zero-order chi connectivity index (χ0) is 14.5. The van der Waals surface area contributed by atoms with Crippen LogP contribution in [-0.4, -0.2) is 48.9 Å². The summed E-state index contributed by atoms with van der Waals surface area (Å²) >= 11 is 0. The standard InChI is InChI=1S/C14H19N5O/c1-18(2)13-7-9-19(10-8-13)14(20)11-3-5-12(6-4-11)16-17-15/h3-6,13H,7-10H2,1-2H3. The largest absolute Gasteiger partial charge is 0.339 e. The van der Waals surface area contributed by atoms with E-state index in [1.165, 1.54) is 0 Å². The monoisotopic (exact) mass is 273 g/mol. The summed E-state index contributed by atoms with van der Waals surface area (Å²) in [6.07, 6.45) is 2.02. The zero-order valence-electron chi connectivity index (χ0n) is 11.9. The Kier molecular flexibility index (Phi) is 4.61. The second kappa shape index (κ2) is 6.41. The Hall–Kier alpha value is -2.04. The van der Waals surface area contributed by atoms with Crippen LogP contribution in [0.15, 0.2) is 29.4 Å². The molecular weight excluding hydrogens is 254 g/mol. The van der Waals surface area contributed by atoms with Crippen LogP contribution >= 0.6 is 0 Å². The van der Waals surface area contributed by atoms with Gasteiger partial charge in [0.15, 0.2) is 0 Å². The third-order valence-corrected chi connectivity index (χ3v) is 3.76. The maximum Gasteiger partial charge on any atom is 0.253 e. The van der Waals surface area contributed by atoms with Gasteiger partial charge >= 0.3 is 0 Å². The van der Waals surface area contributed by atoms with Gasteiger partial charge in [0.05, 0.1) is 0 Å². The van der Waals surface area contributed by atoms with Crippen LogP contribution in [0, 0.1) is 0 Å². The van der Waals surface area contributed by atoms with E-state index in [0.717, 1.165) is 25.9 Å². The van der Waals surface area contributed by atoms with Crippen molar-refractivity contribution in [1.29, 1.82) is 0 Å². The van der Waals surface area contributed by atoms with Crippen molar-refractivity contribution in [1.82, 2.24) is 9.80 Å². The van der Waals surface area contributed by atoms with E-state index in [1.807, 2.05) is 4.90 Å². The van der Waals surface area contributed by atoms with Gasteiger partial charge in [-0.15, -0.1) is 0 Å². The summed E-state index contributed by atoms with van der Waals surface area (Å²) in [5, 5.41) is 3.50. The Balaban J connectivity index is 2.00. The number of amides is 1. The molecule has 1 aromatic rings. The van der Waals surface area contributed by atoms with E-state index in [2.05, 4.69) is 29.0 Å². The highest BCUT2D eigenvalue weighted by atomic mass is 16.2.